The van der Waals surface area contributed by atoms with Crippen LogP contribution in [0.1, 0.15) is 22.3 Å². The summed E-state index contributed by atoms with van der Waals surface area (Å²) >= 11 is 0. The summed E-state index contributed by atoms with van der Waals surface area (Å²) in [6.07, 6.45) is 0.540. The number of sulfonamides is 1. The Labute approximate surface area is 152 Å². The molecule has 0 aliphatic heterocycles. The molecule has 0 saturated heterocycles. The molecule has 0 bridgehead atoms. The minimum absolute atomic E-state index is 0.00606. The van der Waals surface area contributed by atoms with E-state index < -0.39 is 21.7 Å². The van der Waals surface area contributed by atoms with Crippen molar-refractivity contribution in [3.8, 4) is 0 Å². The average Bonchev–Trinajstić information content (AvgIpc) is 2.64. The van der Waals surface area contributed by atoms with Crippen LogP contribution in [-0.4, -0.2) is 34.6 Å². The molecule has 0 heterocycles. The molecule has 0 aromatic heterocycles. The monoisotopic (exact) mass is 380 g/mol. The van der Waals surface area contributed by atoms with Gasteiger partial charge >= 0.3 is 0 Å². The highest BCUT2D eigenvalue weighted by molar-refractivity contribution is 7.89. The van der Waals surface area contributed by atoms with Gasteiger partial charge in [0.1, 0.15) is 5.82 Å². The maximum absolute atomic E-state index is 13.6. The van der Waals surface area contributed by atoms with Gasteiger partial charge in [-0.15, -0.1) is 0 Å². The Hall–Kier alpha value is -2.29. The summed E-state index contributed by atoms with van der Waals surface area (Å²) in [7, 11) is -2.18. The fourth-order valence-electron chi connectivity index (χ4n) is 2.23. The summed E-state index contributed by atoms with van der Waals surface area (Å²) in [5.41, 5.74) is 0.533. The topological polar surface area (TPSA) is 84.5 Å². The molecule has 0 radical (unpaired) electrons. The van der Waals surface area contributed by atoms with Crippen molar-refractivity contribution in [1.82, 2.24) is 10.0 Å². The van der Waals surface area contributed by atoms with E-state index in [0.29, 0.717) is 18.6 Å². The van der Waals surface area contributed by atoms with E-state index in [2.05, 4.69) is 10.0 Å². The summed E-state index contributed by atoms with van der Waals surface area (Å²) in [6, 6.07) is 11.8. The number of carbonyl (C=O) groups is 1. The largest absolute Gasteiger partial charge is 0.385 e. The van der Waals surface area contributed by atoms with Crippen LogP contribution in [0.25, 0.3) is 0 Å². The maximum atomic E-state index is 13.6. The van der Waals surface area contributed by atoms with Crippen molar-refractivity contribution in [3.63, 3.8) is 0 Å². The molecule has 2 rings (SSSR count). The summed E-state index contributed by atoms with van der Waals surface area (Å²) < 4.78 is 45.4. The Balaban J connectivity index is 2.03. The van der Waals surface area contributed by atoms with Crippen molar-refractivity contribution < 1.29 is 22.3 Å². The van der Waals surface area contributed by atoms with E-state index in [1.807, 2.05) is 0 Å². The van der Waals surface area contributed by atoms with E-state index in [9.17, 15) is 17.6 Å². The molecule has 6 nitrogen and oxygen atoms in total. The Kier molecular flexibility index (Phi) is 7.26. The van der Waals surface area contributed by atoms with Crippen LogP contribution in [0.3, 0.4) is 0 Å². The number of rotatable bonds is 9. The molecule has 0 fully saturated rings. The number of amides is 1. The zero-order valence-electron chi connectivity index (χ0n) is 14.4. The van der Waals surface area contributed by atoms with E-state index in [1.165, 1.54) is 37.4 Å². The zero-order valence-corrected chi connectivity index (χ0v) is 15.2. The molecule has 0 saturated carbocycles. The Morgan fingerprint density at radius 2 is 1.92 bits per heavy atom. The van der Waals surface area contributed by atoms with Gasteiger partial charge in [0.15, 0.2) is 0 Å². The molecule has 0 atom stereocenters. The lowest BCUT2D eigenvalue weighted by atomic mass is 10.2. The van der Waals surface area contributed by atoms with E-state index in [4.69, 9.17) is 4.74 Å². The first-order chi connectivity index (χ1) is 12.4. The molecule has 140 valence electrons. The van der Waals surface area contributed by atoms with Gasteiger partial charge in [0.2, 0.25) is 10.0 Å². The lowest BCUT2D eigenvalue weighted by Crippen LogP contribution is -2.27. The highest BCUT2D eigenvalue weighted by atomic mass is 32.2. The van der Waals surface area contributed by atoms with Crippen molar-refractivity contribution in [2.45, 2.75) is 17.9 Å². The summed E-state index contributed by atoms with van der Waals surface area (Å²) in [5, 5.41) is 2.58. The highest BCUT2D eigenvalue weighted by Gasteiger charge is 2.16. The fourth-order valence-corrected chi connectivity index (χ4v) is 3.35. The molecule has 2 N–H and O–H groups in total. The Morgan fingerprint density at radius 3 is 2.65 bits per heavy atom. The lowest BCUT2D eigenvalue weighted by Gasteiger charge is -2.09. The quantitative estimate of drug-likeness (QED) is 0.653. The number of benzene rings is 2. The maximum Gasteiger partial charge on any atom is 0.251 e. The summed E-state index contributed by atoms with van der Waals surface area (Å²) in [6.45, 7) is 0.693. The van der Waals surface area contributed by atoms with E-state index in [1.54, 1.807) is 18.2 Å². The third-order valence-electron chi connectivity index (χ3n) is 3.62. The fraction of sp³-hybridized carbons (Fsp3) is 0.278. The number of methoxy groups -OCH3 is 1. The van der Waals surface area contributed by atoms with E-state index in [-0.39, 0.29) is 23.5 Å². The number of halogens is 1. The second-order valence-electron chi connectivity index (χ2n) is 5.55. The molecule has 1 amide bonds. The van der Waals surface area contributed by atoms with Crippen molar-refractivity contribution in [2.75, 3.05) is 20.3 Å². The van der Waals surface area contributed by atoms with Crippen LogP contribution in [0.4, 0.5) is 4.39 Å². The van der Waals surface area contributed by atoms with Crippen LogP contribution in [0, 0.1) is 5.82 Å². The van der Waals surface area contributed by atoms with Gasteiger partial charge in [-0.3, -0.25) is 4.79 Å². The molecule has 0 aliphatic rings. The molecular weight excluding hydrogens is 359 g/mol. The molecule has 2 aromatic carbocycles. The van der Waals surface area contributed by atoms with Gasteiger partial charge in [0, 0.05) is 37.9 Å². The number of hydrogen-bond acceptors (Lipinski definition) is 4. The predicted octanol–water partition coefficient (Wildman–Crippen LogP) is 2.07. The SMILES string of the molecule is COCCCNS(=O)(=O)c1cccc(C(=O)NCc2ccccc2F)c1. The van der Waals surface area contributed by atoms with Gasteiger partial charge in [-0.2, -0.15) is 0 Å². The second kappa shape index (κ2) is 9.42. The molecule has 8 heteroatoms. The third-order valence-corrected chi connectivity index (χ3v) is 5.08. The van der Waals surface area contributed by atoms with Crippen LogP contribution >= 0.6 is 0 Å². The van der Waals surface area contributed by atoms with Gasteiger partial charge in [0.05, 0.1) is 4.90 Å². The number of nitrogens with one attached hydrogen (secondary N) is 2. The normalized spacial score (nSPS) is 11.3. The molecule has 0 spiro atoms. The first kappa shape index (κ1) is 20.0. The van der Waals surface area contributed by atoms with Gasteiger partial charge in [-0.05, 0) is 30.7 Å². The van der Waals surface area contributed by atoms with Crippen LogP contribution in [0.15, 0.2) is 53.4 Å². The second-order valence-corrected chi connectivity index (χ2v) is 7.31. The first-order valence-electron chi connectivity index (χ1n) is 8.04. The van der Waals surface area contributed by atoms with Crippen LogP contribution < -0.4 is 10.0 Å². The summed E-state index contributed by atoms with van der Waals surface area (Å²) in [5.74, 6) is -0.894. The smallest absolute Gasteiger partial charge is 0.251 e. The predicted molar refractivity (Wildman–Crippen MR) is 95.7 cm³/mol. The minimum Gasteiger partial charge on any atom is -0.385 e. The van der Waals surface area contributed by atoms with Crippen molar-refractivity contribution in [3.05, 3.63) is 65.5 Å². The number of hydrogen-bond donors (Lipinski definition) is 2. The molecular formula is C18H21FN2O4S. The standard InChI is InChI=1S/C18H21FN2O4S/c1-25-11-5-10-21-26(23,24)16-8-4-7-14(12-16)18(22)20-13-15-6-2-3-9-17(15)19/h2-4,6-9,12,21H,5,10-11,13H2,1H3,(H,20,22). The summed E-state index contributed by atoms with van der Waals surface area (Å²) in [4.78, 5) is 12.2. The molecule has 0 unspecified atom stereocenters. The van der Waals surface area contributed by atoms with E-state index >= 15 is 0 Å². The molecule has 26 heavy (non-hydrogen) atoms. The lowest BCUT2D eigenvalue weighted by molar-refractivity contribution is 0.0950. The van der Waals surface area contributed by atoms with Gasteiger partial charge in [0.25, 0.3) is 5.91 Å². The van der Waals surface area contributed by atoms with Crippen LogP contribution in [0.5, 0.6) is 0 Å². The van der Waals surface area contributed by atoms with Gasteiger partial charge in [-0.1, -0.05) is 24.3 Å². The first-order valence-corrected chi connectivity index (χ1v) is 9.52. The Morgan fingerprint density at radius 1 is 1.15 bits per heavy atom. The molecule has 2 aromatic rings. The Bertz CT molecular complexity index is 856. The third kappa shape index (κ3) is 5.62. The number of ether oxygens (including phenoxy) is 1. The molecule has 0 aliphatic carbocycles. The van der Waals surface area contributed by atoms with Gasteiger partial charge in [-0.25, -0.2) is 17.5 Å². The minimum atomic E-state index is -3.72. The van der Waals surface area contributed by atoms with Crippen LogP contribution in [0.2, 0.25) is 0 Å². The average molecular weight is 380 g/mol. The van der Waals surface area contributed by atoms with Gasteiger partial charge < -0.3 is 10.1 Å². The zero-order chi connectivity index (χ0) is 19.0. The van der Waals surface area contributed by atoms with Crippen LogP contribution in [-0.2, 0) is 21.3 Å². The highest BCUT2D eigenvalue weighted by Crippen LogP contribution is 2.12. The van der Waals surface area contributed by atoms with E-state index in [0.717, 1.165) is 0 Å². The van der Waals surface area contributed by atoms with Crippen molar-refractivity contribution in [2.24, 2.45) is 0 Å². The number of carbonyl (C=O) groups excluding carboxylic acids is 1. The van der Waals surface area contributed by atoms with Crippen molar-refractivity contribution >= 4 is 15.9 Å². The van der Waals surface area contributed by atoms with Crippen molar-refractivity contribution in [1.29, 1.82) is 0 Å².